The Morgan fingerprint density at radius 2 is 2.12 bits per heavy atom. The molecule has 1 aliphatic rings. The number of rotatable bonds is 3. The molecule has 0 aliphatic heterocycles. The lowest BCUT2D eigenvalue weighted by Crippen LogP contribution is -2.33. The van der Waals surface area contributed by atoms with Crippen molar-refractivity contribution in [1.29, 1.82) is 0 Å². The molecule has 6 heteroatoms. The van der Waals surface area contributed by atoms with Crippen molar-refractivity contribution < 1.29 is 9.42 Å². The minimum absolute atomic E-state index is 0.0606. The van der Waals surface area contributed by atoms with Gasteiger partial charge in [0.15, 0.2) is 0 Å². The molecular weight excluding hydrogens is 220 g/mol. The smallest absolute Gasteiger partial charge is 0.279 e. The summed E-state index contributed by atoms with van der Waals surface area (Å²) in [5.41, 5.74) is 5.61. The van der Waals surface area contributed by atoms with E-state index in [0.29, 0.717) is 5.92 Å². The number of hydrogen-bond donors (Lipinski definition) is 1. The van der Waals surface area contributed by atoms with Crippen molar-refractivity contribution in [3.63, 3.8) is 0 Å². The molecule has 1 aromatic rings. The number of aromatic nitrogens is 2. The van der Waals surface area contributed by atoms with Crippen LogP contribution in [0.5, 0.6) is 0 Å². The molecule has 2 rings (SSSR count). The summed E-state index contributed by atoms with van der Waals surface area (Å²) >= 11 is 0. The SMILES string of the molecule is CN(CC1CCCCC1)C(=O)c1nonc1N. The third kappa shape index (κ3) is 2.75. The minimum Gasteiger partial charge on any atom is -0.379 e. The molecule has 6 nitrogen and oxygen atoms in total. The van der Waals surface area contributed by atoms with Crippen molar-refractivity contribution in [2.45, 2.75) is 32.1 Å². The predicted octanol–water partition coefficient (Wildman–Crippen LogP) is 1.30. The molecule has 94 valence electrons. The number of amides is 1. The maximum Gasteiger partial charge on any atom is 0.279 e. The second kappa shape index (κ2) is 5.16. The maximum atomic E-state index is 12.0. The molecule has 17 heavy (non-hydrogen) atoms. The van der Waals surface area contributed by atoms with Gasteiger partial charge in [-0.2, -0.15) is 0 Å². The molecular formula is C11H18N4O2. The molecule has 0 atom stereocenters. The largest absolute Gasteiger partial charge is 0.379 e. The zero-order chi connectivity index (χ0) is 12.3. The summed E-state index contributed by atoms with van der Waals surface area (Å²) in [6, 6.07) is 0. The van der Waals surface area contributed by atoms with Gasteiger partial charge in [-0.15, -0.1) is 0 Å². The Kier molecular flexibility index (Phi) is 3.61. The van der Waals surface area contributed by atoms with Crippen LogP contribution in [0.2, 0.25) is 0 Å². The quantitative estimate of drug-likeness (QED) is 0.858. The Bertz CT molecular complexity index is 385. The summed E-state index contributed by atoms with van der Waals surface area (Å²) in [4.78, 5) is 13.6. The first-order valence-corrected chi connectivity index (χ1v) is 6.02. The summed E-state index contributed by atoms with van der Waals surface area (Å²) < 4.78 is 4.43. The zero-order valence-corrected chi connectivity index (χ0v) is 10.1. The van der Waals surface area contributed by atoms with E-state index in [9.17, 15) is 4.79 Å². The van der Waals surface area contributed by atoms with E-state index in [0.717, 1.165) is 6.54 Å². The van der Waals surface area contributed by atoms with E-state index in [1.54, 1.807) is 11.9 Å². The van der Waals surface area contributed by atoms with Crippen LogP contribution < -0.4 is 5.73 Å². The van der Waals surface area contributed by atoms with Crippen LogP contribution in [0.15, 0.2) is 4.63 Å². The highest BCUT2D eigenvalue weighted by atomic mass is 16.6. The van der Waals surface area contributed by atoms with Gasteiger partial charge in [0.2, 0.25) is 11.5 Å². The number of anilines is 1. The minimum atomic E-state index is -0.214. The van der Waals surface area contributed by atoms with E-state index in [-0.39, 0.29) is 17.4 Å². The van der Waals surface area contributed by atoms with E-state index >= 15 is 0 Å². The van der Waals surface area contributed by atoms with Crippen LogP contribution in [-0.4, -0.2) is 34.7 Å². The maximum absolute atomic E-state index is 12.0. The van der Waals surface area contributed by atoms with E-state index in [4.69, 9.17) is 5.73 Å². The van der Waals surface area contributed by atoms with Crippen LogP contribution in [0, 0.1) is 5.92 Å². The standard InChI is InChI=1S/C11H18N4O2/c1-15(7-8-5-3-2-4-6-8)11(16)9-10(12)14-17-13-9/h8H,2-7H2,1H3,(H2,12,14). The topological polar surface area (TPSA) is 85.2 Å². The number of nitrogens with two attached hydrogens (primary N) is 1. The van der Waals surface area contributed by atoms with E-state index in [1.165, 1.54) is 32.1 Å². The van der Waals surface area contributed by atoms with Crippen LogP contribution in [0.25, 0.3) is 0 Å². The highest BCUT2D eigenvalue weighted by Gasteiger charge is 2.23. The van der Waals surface area contributed by atoms with E-state index in [2.05, 4.69) is 14.9 Å². The van der Waals surface area contributed by atoms with Crippen molar-refractivity contribution >= 4 is 11.7 Å². The first kappa shape index (κ1) is 11.9. The molecule has 1 amide bonds. The van der Waals surface area contributed by atoms with Gasteiger partial charge in [-0.25, -0.2) is 4.63 Å². The molecule has 1 aliphatic carbocycles. The molecule has 0 saturated heterocycles. The van der Waals surface area contributed by atoms with Gasteiger partial charge in [-0.05, 0) is 29.1 Å². The molecule has 1 fully saturated rings. The van der Waals surface area contributed by atoms with Crippen LogP contribution in [0.4, 0.5) is 5.82 Å². The number of carbonyl (C=O) groups is 1. The van der Waals surface area contributed by atoms with E-state index in [1.807, 2.05) is 0 Å². The number of nitrogens with zero attached hydrogens (tertiary/aromatic N) is 3. The second-order valence-electron chi connectivity index (χ2n) is 4.69. The van der Waals surface area contributed by atoms with Crippen molar-refractivity contribution in [3.8, 4) is 0 Å². The number of carbonyl (C=O) groups excluding carboxylic acids is 1. The summed E-state index contributed by atoms with van der Waals surface area (Å²) in [7, 11) is 1.77. The summed E-state index contributed by atoms with van der Waals surface area (Å²) in [6.45, 7) is 0.755. The van der Waals surface area contributed by atoms with Crippen molar-refractivity contribution in [2.75, 3.05) is 19.3 Å². The van der Waals surface area contributed by atoms with Gasteiger partial charge in [0.25, 0.3) is 5.91 Å². The Morgan fingerprint density at radius 3 is 2.71 bits per heavy atom. The van der Waals surface area contributed by atoms with Crippen LogP contribution in [-0.2, 0) is 0 Å². The molecule has 0 aromatic carbocycles. The lowest BCUT2D eigenvalue weighted by molar-refractivity contribution is 0.0750. The predicted molar refractivity (Wildman–Crippen MR) is 62.2 cm³/mol. The van der Waals surface area contributed by atoms with Crippen molar-refractivity contribution in [3.05, 3.63) is 5.69 Å². The van der Waals surface area contributed by atoms with Gasteiger partial charge in [0.1, 0.15) is 0 Å². The molecule has 0 unspecified atom stereocenters. The van der Waals surface area contributed by atoms with E-state index < -0.39 is 0 Å². The highest BCUT2D eigenvalue weighted by Crippen LogP contribution is 2.24. The fraction of sp³-hybridized carbons (Fsp3) is 0.727. The van der Waals surface area contributed by atoms with Crippen molar-refractivity contribution in [1.82, 2.24) is 15.2 Å². The highest BCUT2D eigenvalue weighted by molar-refractivity contribution is 5.95. The van der Waals surface area contributed by atoms with Gasteiger partial charge < -0.3 is 10.6 Å². The van der Waals surface area contributed by atoms with Gasteiger partial charge in [0.05, 0.1) is 0 Å². The van der Waals surface area contributed by atoms with Crippen LogP contribution >= 0.6 is 0 Å². The number of hydrogen-bond acceptors (Lipinski definition) is 5. The first-order chi connectivity index (χ1) is 8.18. The Hall–Kier alpha value is -1.59. The Balaban J connectivity index is 1.93. The van der Waals surface area contributed by atoms with Gasteiger partial charge in [0, 0.05) is 13.6 Å². The fourth-order valence-electron chi connectivity index (χ4n) is 2.36. The molecule has 0 spiro atoms. The van der Waals surface area contributed by atoms with Crippen molar-refractivity contribution in [2.24, 2.45) is 5.92 Å². The summed E-state index contributed by atoms with van der Waals surface area (Å²) in [5.74, 6) is 0.443. The average molecular weight is 238 g/mol. The Labute approximate surface area is 100 Å². The summed E-state index contributed by atoms with van der Waals surface area (Å²) in [6.07, 6.45) is 6.24. The molecule has 0 bridgehead atoms. The molecule has 1 saturated carbocycles. The van der Waals surface area contributed by atoms with Gasteiger partial charge >= 0.3 is 0 Å². The third-order valence-corrected chi connectivity index (χ3v) is 3.32. The lowest BCUT2D eigenvalue weighted by Gasteiger charge is -2.26. The molecule has 2 N–H and O–H groups in total. The third-order valence-electron chi connectivity index (χ3n) is 3.32. The average Bonchev–Trinajstić information content (AvgIpc) is 2.76. The molecule has 0 radical (unpaired) electrons. The normalized spacial score (nSPS) is 17.0. The zero-order valence-electron chi connectivity index (χ0n) is 10.1. The van der Waals surface area contributed by atoms with Crippen LogP contribution in [0.1, 0.15) is 42.6 Å². The second-order valence-corrected chi connectivity index (χ2v) is 4.69. The first-order valence-electron chi connectivity index (χ1n) is 6.02. The molecule has 1 aromatic heterocycles. The number of nitrogen functional groups attached to an aromatic ring is 1. The Morgan fingerprint density at radius 1 is 1.41 bits per heavy atom. The summed E-state index contributed by atoms with van der Waals surface area (Å²) in [5, 5.41) is 6.94. The monoisotopic (exact) mass is 238 g/mol. The molecule has 1 heterocycles. The van der Waals surface area contributed by atoms with Gasteiger partial charge in [-0.3, -0.25) is 4.79 Å². The fourth-order valence-corrected chi connectivity index (χ4v) is 2.36. The lowest BCUT2D eigenvalue weighted by atomic mass is 9.89. The van der Waals surface area contributed by atoms with Crippen LogP contribution in [0.3, 0.4) is 0 Å². The van der Waals surface area contributed by atoms with Gasteiger partial charge in [-0.1, -0.05) is 19.3 Å².